The van der Waals surface area contributed by atoms with Crippen LogP contribution < -0.4 is 11.1 Å². The fourth-order valence-corrected chi connectivity index (χ4v) is 5.41. The summed E-state index contributed by atoms with van der Waals surface area (Å²) in [5.74, 6) is 0.167. The van der Waals surface area contributed by atoms with Gasteiger partial charge >= 0.3 is 0 Å². The van der Waals surface area contributed by atoms with E-state index in [9.17, 15) is 4.79 Å². The first kappa shape index (κ1) is 22.0. The predicted octanol–water partition coefficient (Wildman–Crippen LogP) is 1.59. The topological polar surface area (TPSA) is 116 Å². The van der Waals surface area contributed by atoms with Crippen LogP contribution in [0.5, 0.6) is 0 Å². The van der Waals surface area contributed by atoms with Crippen LogP contribution in [0.2, 0.25) is 0 Å². The van der Waals surface area contributed by atoms with Crippen LogP contribution in [-0.4, -0.2) is 81.7 Å². The number of nitrogens with zero attached hydrogens (tertiary/aromatic N) is 5. The van der Waals surface area contributed by atoms with Gasteiger partial charge in [0.05, 0.1) is 12.7 Å². The van der Waals surface area contributed by atoms with E-state index in [1.165, 1.54) is 32.4 Å². The van der Waals surface area contributed by atoms with E-state index in [0.717, 1.165) is 56.8 Å². The van der Waals surface area contributed by atoms with E-state index in [-0.39, 0.29) is 17.7 Å². The molecule has 0 radical (unpaired) electrons. The Morgan fingerprint density at radius 1 is 1.12 bits per heavy atom. The number of benzene rings is 1. The molecule has 1 amide bonds. The highest BCUT2D eigenvalue weighted by Gasteiger charge is 2.35. The number of aromatic nitrogens is 3. The van der Waals surface area contributed by atoms with Gasteiger partial charge in [-0.15, -0.1) is 5.10 Å². The first-order valence-corrected chi connectivity index (χ1v) is 12.2. The average molecular weight is 451 g/mol. The minimum atomic E-state index is -0.350. The molecule has 4 N–H and O–H groups in total. The molecule has 9 heteroatoms. The third-order valence-electron chi connectivity index (χ3n) is 7.45. The maximum Gasteiger partial charge on any atom is 0.270 e. The Kier molecular flexibility index (Phi) is 6.41. The highest BCUT2D eigenvalue weighted by Crippen LogP contribution is 2.28. The molecule has 0 spiro atoms. The molecular weight excluding hydrogens is 416 g/mol. The molecule has 9 nitrogen and oxygen atoms in total. The first-order chi connectivity index (χ1) is 16.1. The Bertz CT molecular complexity index is 1000. The molecule has 4 saturated heterocycles. The summed E-state index contributed by atoms with van der Waals surface area (Å²) in [5, 5.41) is 20.1. The summed E-state index contributed by atoms with van der Waals surface area (Å²) < 4.78 is 1.87. The van der Waals surface area contributed by atoms with Gasteiger partial charge in [-0.25, -0.2) is 0 Å². The van der Waals surface area contributed by atoms with Gasteiger partial charge in [0, 0.05) is 35.9 Å². The Balaban J connectivity index is 1.20. The van der Waals surface area contributed by atoms with Gasteiger partial charge < -0.3 is 20.9 Å². The van der Waals surface area contributed by atoms with Crippen molar-refractivity contribution >= 4 is 17.3 Å². The van der Waals surface area contributed by atoms with E-state index >= 15 is 0 Å². The summed E-state index contributed by atoms with van der Waals surface area (Å²) in [7, 11) is 0. The number of rotatable bonds is 7. The van der Waals surface area contributed by atoms with Crippen molar-refractivity contribution in [1.82, 2.24) is 30.1 Å². The lowest BCUT2D eigenvalue weighted by atomic mass is 9.84. The van der Waals surface area contributed by atoms with Gasteiger partial charge in [-0.1, -0.05) is 17.7 Å². The van der Waals surface area contributed by atoms with Crippen LogP contribution in [0.1, 0.15) is 37.7 Å². The Labute approximate surface area is 194 Å². The monoisotopic (exact) mass is 450 g/mol. The Hall–Kier alpha value is -2.78. The summed E-state index contributed by atoms with van der Waals surface area (Å²) >= 11 is 0. The molecule has 4 aliphatic heterocycles. The van der Waals surface area contributed by atoms with E-state index in [4.69, 9.17) is 11.1 Å². The van der Waals surface area contributed by atoms with Gasteiger partial charge in [0.2, 0.25) is 0 Å². The van der Waals surface area contributed by atoms with Crippen molar-refractivity contribution in [1.29, 1.82) is 5.41 Å². The highest BCUT2D eigenvalue weighted by atomic mass is 16.1. The second kappa shape index (κ2) is 9.61. The summed E-state index contributed by atoms with van der Waals surface area (Å²) in [6.07, 6.45) is 8.06. The quantitative estimate of drug-likeness (QED) is 0.436. The van der Waals surface area contributed by atoms with Crippen molar-refractivity contribution in [3.05, 3.63) is 30.0 Å². The van der Waals surface area contributed by atoms with E-state index in [1.807, 2.05) is 16.9 Å². The minimum Gasteiger partial charge on any atom is -0.398 e. The number of nitrogens with one attached hydrogen (secondary N) is 2. The highest BCUT2D eigenvalue weighted by molar-refractivity contribution is 6.45. The van der Waals surface area contributed by atoms with Crippen LogP contribution in [-0.2, 0) is 11.3 Å². The van der Waals surface area contributed by atoms with Crippen molar-refractivity contribution in [2.24, 2.45) is 5.92 Å². The minimum absolute atomic E-state index is 0.0827. The number of hydrogen-bond donors (Lipinski definition) is 3. The third-order valence-corrected chi connectivity index (χ3v) is 7.45. The molecule has 1 atom stereocenters. The summed E-state index contributed by atoms with van der Waals surface area (Å²) in [6, 6.07) is 5.52. The number of piperidine rings is 4. The molecule has 4 aliphatic rings. The summed E-state index contributed by atoms with van der Waals surface area (Å²) in [6.45, 7) is 7.24. The number of anilines is 1. The molecule has 1 aromatic heterocycles. The molecule has 6 rings (SSSR count). The fraction of sp³-hybridized carbons (Fsp3) is 0.583. The average Bonchev–Trinajstić information content (AvgIpc) is 3.33. The maximum atomic E-state index is 12.8. The molecule has 0 unspecified atom stereocenters. The van der Waals surface area contributed by atoms with E-state index in [1.54, 1.807) is 12.1 Å². The van der Waals surface area contributed by atoms with Crippen LogP contribution >= 0.6 is 0 Å². The Morgan fingerprint density at radius 2 is 1.91 bits per heavy atom. The summed E-state index contributed by atoms with van der Waals surface area (Å²) in [4.78, 5) is 17.6. The molecular formula is C24H34N8O. The van der Waals surface area contributed by atoms with E-state index < -0.39 is 0 Å². The number of likely N-dealkylation sites (tertiary alicyclic amines) is 1. The van der Waals surface area contributed by atoms with Gasteiger partial charge in [0.15, 0.2) is 0 Å². The molecule has 0 aliphatic carbocycles. The normalized spacial score (nSPS) is 25.2. The van der Waals surface area contributed by atoms with Gasteiger partial charge in [0.1, 0.15) is 11.4 Å². The molecule has 2 bridgehead atoms. The van der Waals surface area contributed by atoms with Gasteiger partial charge in [0.25, 0.3) is 5.91 Å². The zero-order chi connectivity index (χ0) is 22.8. The van der Waals surface area contributed by atoms with Crippen LogP contribution in [0.4, 0.5) is 5.69 Å². The third kappa shape index (κ3) is 4.94. The van der Waals surface area contributed by atoms with Crippen LogP contribution in [0, 0.1) is 11.3 Å². The smallest absolute Gasteiger partial charge is 0.270 e. The molecule has 5 heterocycles. The lowest BCUT2D eigenvalue weighted by Gasteiger charge is -2.44. The zero-order valence-corrected chi connectivity index (χ0v) is 19.2. The van der Waals surface area contributed by atoms with Crippen LogP contribution in [0.15, 0.2) is 24.4 Å². The zero-order valence-electron chi connectivity index (χ0n) is 19.2. The van der Waals surface area contributed by atoms with Gasteiger partial charge in [-0.05, 0) is 69.9 Å². The van der Waals surface area contributed by atoms with E-state index in [0.29, 0.717) is 17.2 Å². The summed E-state index contributed by atoms with van der Waals surface area (Å²) in [5.41, 5.74) is 8.63. The number of amides is 1. The van der Waals surface area contributed by atoms with Crippen molar-refractivity contribution in [3.8, 4) is 11.3 Å². The second-order valence-electron chi connectivity index (χ2n) is 9.66. The van der Waals surface area contributed by atoms with Crippen molar-refractivity contribution in [2.75, 3.05) is 45.0 Å². The van der Waals surface area contributed by atoms with E-state index in [2.05, 4.69) is 25.4 Å². The number of hydrogen-bond acceptors (Lipinski definition) is 7. The Morgan fingerprint density at radius 3 is 2.61 bits per heavy atom. The molecule has 2 aromatic rings. The van der Waals surface area contributed by atoms with Gasteiger partial charge in [-0.2, -0.15) is 0 Å². The standard InChI is InChI=1S/C24H34N8O/c25-20-14-18(22-16-32(29-28-22)13-12-30-8-2-1-3-9-30)4-5-19(20)23(26)24(33)27-21-15-31-10-6-17(21)7-11-31/h4-5,14,16-17,21,26H,1-3,6-13,15,25H2,(H,27,33)/t21-/m0/s1. The molecule has 0 saturated carbocycles. The number of fused-ring (bicyclic) bond motifs is 3. The molecule has 176 valence electrons. The first-order valence-electron chi connectivity index (χ1n) is 12.2. The van der Waals surface area contributed by atoms with Crippen LogP contribution in [0.3, 0.4) is 0 Å². The van der Waals surface area contributed by atoms with Gasteiger partial charge in [-0.3, -0.25) is 14.9 Å². The molecule has 4 fully saturated rings. The molecule has 33 heavy (non-hydrogen) atoms. The number of nitrogen functional groups attached to an aromatic ring is 1. The van der Waals surface area contributed by atoms with Crippen LogP contribution in [0.25, 0.3) is 11.3 Å². The number of nitrogens with two attached hydrogens (primary N) is 1. The van der Waals surface area contributed by atoms with Crippen molar-refractivity contribution < 1.29 is 4.79 Å². The largest absolute Gasteiger partial charge is 0.398 e. The number of carbonyl (C=O) groups excluding carboxylic acids is 1. The lowest BCUT2D eigenvalue weighted by molar-refractivity contribution is -0.116. The maximum absolute atomic E-state index is 12.8. The predicted molar refractivity (Wildman–Crippen MR) is 128 cm³/mol. The molecule has 1 aromatic carbocycles. The second-order valence-corrected chi connectivity index (χ2v) is 9.66. The SMILES string of the molecule is N=C(C(=O)N[C@H]1CN2CCC1CC2)c1ccc(-c2cn(CCN3CCCCC3)nn2)cc1N. The lowest BCUT2D eigenvalue weighted by Crippen LogP contribution is -2.58. The van der Waals surface area contributed by atoms with Crippen molar-refractivity contribution in [3.63, 3.8) is 0 Å². The fourth-order valence-electron chi connectivity index (χ4n) is 5.41. The number of carbonyl (C=O) groups is 1. The van der Waals surface area contributed by atoms with Crippen molar-refractivity contribution in [2.45, 2.75) is 44.7 Å².